The minimum absolute atomic E-state index is 0.0594. The molecule has 0 unspecified atom stereocenters. The molecule has 0 fully saturated rings. The molecule has 0 saturated carbocycles. The van der Waals surface area contributed by atoms with Crippen LogP contribution in [0.3, 0.4) is 0 Å². The van der Waals surface area contributed by atoms with Crippen LogP contribution in [-0.4, -0.2) is 32.2 Å². The first kappa shape index (κ1) is 12.3. The van der Waals surface area contributed by atoms with Crippen LogP contribution in [-0.2, 0) is 10.2 Å². The SMILES string of the molecule is CC(C)(C)c1cc2c(NCC(=O)O)nccn2n1. The minimum Gasteiger partial charge on any atom is -0.480 e. The summed E-state index contributed by atoms with van der Waals surface area (Å²) in [4.78, 5) is 14.7. The summed E-state index contributed by atoms with van der Waals surface area (Å²) >= 11 is 0. The molecule has 0 aliphatic carbocycles. The number of nitrogens with one attached hydrogen (secondary N) is 1. The van der Waals surface area contributed by atoms with Gasteiger partial charge in [0.15, 0.2) is 5.82 Å². The second kappa shape index (κ2) is 4.29. The number of anilines is 1. The Bertz CT molecular complexity index is 583. The number of carbonyl (C=O) groups is 1. The summed E-state index contributed by atoms with van der Waals surface area (Å²) in [6.07, 6.45) is 3.34. The molecule has 2 aromatic rings. The van der Waals surface area contributed by atoms with E-state index in [0.717, 1.165) is 11.2 Å². The van der Waals surface area contributed by atoms with E-state index >= 15 is 0 Å². The molecular formula is C12H16N4O2. The molecule has 0 aliphatic rings. The van der Waals surface area contributed by atoms with Gasteiger partial charge < -0.3 is 10.4 Å². The molecule has 0 saturated heterocycles. The first-order chi connectivity index (χ1) is 8.38. The Kier molecular flexibility index (Phi) is 2.94. The molecule has 2 N–H and O–H groups in total. The molecule has 0 aliphatic heterocycles. The Morgan fingerprint density at radius 3 is 2.83 bits per heavy atom. The Morgan fingerprint density at radius 1 is 1.50 bits per heavy atom. The van der Waals surface area contributed by atoms with E-state index in [1.54, 1.807) is 16.9 Å². The molecule has 0 atom stereocenters. The van der Waals surface area contributed by atoms with Gasteiger partial charge in [0.05, 0.1) is 5.69 Å². The van der Waals surface area contributed by atoms with Gasteiger partial charge in [-0.15, -0.1) is 0 Å². The predicted molar refractivity (Wildman–Crippen MR) is 67.8 cm³/mol. The second-order valence-corrected chi connectivity index (χ2v) is 5.13. The molecule has 96 valence electrons. The zero-order chi connectivity index (χ0) is 13.3. The highest BCUT2D eigenvalue weighted by Gasteiger charge is 2.19. The van der Waals surface area contributed by atoms with Crippen molar-refractivity contribution in [3.05, 3.63) is 24.2 Å². The van der Waals surface area contributed by atoms with E-state index in [1.807, 2.05) is 6.07 Å². The van der Waals surface area contributed by atoms with Crippen molar-refractivity contribution in [2.45, 2.75) is 26.2 Å². The number of aliphatic carboxylic acids is 1. The molecule has 6 nitrogen and oxygen atoms in total. The third-order valence-electron chi connectivity index (χ3n) is 2.57. The third-order valence-corrected chi connectivity index (χ3v) is 2.57. The molecule has 2 rings (SSSR count). The number of fused-ring (bicyclic) bond motifs is 1. The first-order valence-electron chi connectivity index (χ1n) is 5.68. The highest BCUT2D eigenvalue weighted by molar-refractivity contribution is 5.76. The first-order valence-corrected chi connectivity index (χ1v) is 5.68. The molecule has 18 heavy (non-hydrogen) atoms. The topological polar surface area (TPSA) is 79.5 Å². The van der Waals surface area contributed by atoms with Crippen LogP contribution in [0.25, 0.3) is 5.52 Å². The number of carboxylic acid groups (broad SMARTS) is 1. The van der Waals surface area contributed by atoms with Crippen LogP contribution in [0.4, 0.5) is 5.82 Å². The van der Waals surface area contributed by atoms with Crippen LogP contribution < -0.4 is 5.32 Å². The quantitative estimate of drug-likeness (QED) is 0.861. The number of aromatic nitrogens is 3. The van der Waals surface area contributed by atoms with E-state index < -0.39 is 5.97 Å². The van der Waals surface area contributed by atoms with Crippen LogP contribution in [0.1, 0.15) is 26.5 Å². The minimum atomic E-state index is -0.922. The molecule has 0 aromatic carbocycles. The largest absolute Gasteiger partial charge is 0.480 e. The normalized spacial score (nSPS) is 11.7. The summed E-state index contributed by atoms with van der Waals surface area (Å²) in [5, 5.41) is 15.9. The van der Waals surface area contributed by atoms with Crippen molar-refractivity contribution in [1.82, 2.24) is 14.6 Å². The molecule has 6 heteroatoms. The van der Waals surface area contributed by atoms with Gasteiger partial charge in [0.25, 0.3) is 0 Å². The van der Waals surface area contributed by atoms with Crippen LogP contribution >= 0.6 is 0 Å². The number of rotatable bonds is 3. The van der Waals surface area contributed by atoms with E-state index in [1.165, 1.54) is 0 Å². The van der Waals surface area contributed by atoms with Gasteiger partial charge in [-0.05, 0) is 6.07 Å². The zero-order valence-corrected chi connectivity index (χ0v) is 10.6. The summed E-state index contributed by atoms with van der Waals surface area (Å²) in [5.41, 5.74) is 1.66. The van der Waals surface area contributed by atoms with Gasteiger partial charge in [0.1, 0.15) is 12.1 Å². The smallest absolute Gasteiger partial charge is 0.322 e. The van der Waals surface area contributed by atoms with Gasteiger partial charge in [0, 0.05) is 17.8 Å². The molecule has 0 spiro atoms. The van der Waals surface area contributed by atoms with Crippen molar-refractivity contribution in [1.29, 1.82) is 0 Å². The van der Waals surface area contributed by atoms with Crippen LogP contribution in [0.2, 0.25) is 0 Å². The predicted octanol–water partition coefficient (Wildman–Crippen LogP) is 1.52. The fourth-order valence-corrected chi connectivity index (χ4v) is 1.58. The molecule has 0 radical (unpaired) electrons. The van der Waals surface area contributed by atoms with Crippen molar-refractivity contribution < 1.29 is 9.90 Å². The van der Waals surface area contributed by atoms with E-state index in [0.29, 0.717) is 5.82 Å². The standard InChI is InChI=1S/C12H16N4O2/c1-12(2,3)9-6-8-11(14-7-10(17)18)13-4-5-16(8)15-9/h4-6H,7H2,1-3H3,(H,13,14)(H,17,18). The lowest BCUT2D eigenvalue weighted by Crippen LogP contribution is -2.13. The van der Waals surface area contributed by atoms with Gasteiger partial charge in [-0.25, -0.2) is 9.50 Å². The lowest BCUT2D eigenvalue weighted by molar-refractivity contribution is -0.134. The highest BCUT2D eigenvalue weighted by Crippen LogP contribution is 2.24. The molecule has 0 amide bonds. The van der Waals surface area contributed by atoms with E-state index in [4.69, 9.17) is 5.11 Å². The van der Waals surface area contributed by atoms with Crippen molar-refractivity contribution in [3.8, 4) is 0 Å². The Labute approximate surface area is 105 Å². The molecule has 2 heterocycles. The van der Waals surface area contributed by atoms with Crippen molar-refractivity contribution in [3.63, 3.8) is 0 Å². The maximum Gasteiger partial charge on any atom is 0.322 e. The van der Waals surface area contributed by atoms with Crippen LogP contribution in [0.15, 0.2) is 18.5 Å². The molecule has 0 bridgehead atoms. The summed E-state index contributed by atoms with van der Waals surface area (Å²) < 4.78 is 1.71. The van der Waals surface area contributed by atoms with Gasteiger partial charge >= 0.3 is 5.97 Å². The molecule has 2 aromatic heterocycles. The summed E-state index contributed by atoms with van der Waals surface area (Å²) in [6.45, 7) is 6.06. The van der Waals surface area contributed by atoms with Crippen molar-refractivity contribution in [2.24, 2.45) is 0 Å². The second-order valence-electron chi connectivity index (χ2n) is 5.13. The number of nitrogens with zero attached hydrogens (tertiary/aromatic N) is 3. The monoisotopic (exact) mass is 248 g/mol. The highest BCUT2D eigenvalue weighted by atomic mass is 16.4. The average molecular weight is 248 g/mol. The van der Waals surface area contributed by atoms with Gasteiger partial charge in [-0.3, -0.25) is 4.79 Å². The summed E-state index contributed by atoms with van der Waals surface area (Å²) in [5.74, 6) is -0.391. The maximum atomic E-state index is 10.6. The summed E-state index contributed by atoms with van der Waals surface area (Å²) in [6, 6.07) is 1.93. The lowest BCUT2D eigenvalue weighted by atomic mass is 9.92. The zero-order valence-electron chi connectivity index (χ0n) is 10.6. The van der Waals surface area contributed by atoms with Crippen LogP contribution in [0.5, 0.6) is 0 Å². The van der Waals surface area contributed by atoms with E-state index in [2.05, 4.69) is 36.2 Å². The number of hydrogen-bond donors (Lipinski definition) is 2. The Morgan fingerprint density at radius 2 is 2.22 bits per heavy atom. The lowest BCUT2D eigenvalue weighted by Gasteiger charge is -2.13. The summed E-state index contributed by atoms with van der Waals surface area (Å²) in [7, 11) is 0. The molecular weight excluding hydrogens is 232 g/mol. The van der Waals surface area contributed by atoms with E-state index in [9.17, 15) is 4.79 Å². The fraction of sp³-hybridized carbons (Fsp3) is 0.417. The third kappa shape index (κ3) is 2.42. The average Bonchev–Trinajstić information content (AvgIpc) is 2.69. The van der Waals surface area contributed by atoms with Gasteiger partial charge in [0.2, 0.25) is 0 Å². The Hall–Kier alpha value is -2.11. The Balaban J connectivity index is 2.42. The van der Waals surface area contributed by atoms with Crippen molar-refractivity contribution in [2.75, 3.05) is 11.9 Å². The van der Waals surface area contributed by atoms with Gasteiger partial charge in [-0.2, -0.15) is 5.10 Å². The fourth-order valence-electron chi connectivity index (χ4n) is 1.58. The van der Waals surface area contributed by atoms with Crippen LogP contribution in [0, 0.1) is 0 Å². The van der Waals surface area contributed by atoms with E-state index in [-0.39, 0.29) is 12.0 Å². The maximum absolute atomic E-state index is 10.6. The number of carboxylic acids is 1. The van der Waals surface area contributed by atoms with Crippen molar-refractivity contribution >= 4 is 17.3 Å². The number of hydrogen-bond acceptors (Lipinski definition) is 4. The van der Waals surface area contributed by atoms with Gasteiger partial charge in [-0.1, -0.05) is 20.8 Å².